The third-order valence-electron chi connectivity index (χ3n) is 2.36. The van der Waals surface area contributed by atoms with Crippen molar-refractivity contribution in [1.29, 1.82) is 0 Å². The highest BCUT2D eigenvalue weighted by atomic mass is 35.5. The van der Waals surface area contributed by atoms with Crippen LogP contribution in [-0.4, -0.2) is 9.97 Å². The molecule has 0 bridgehead atoms. The molecule has 2 nitrogen and oxygen atoms in total. The molecular weight excluding hydrogens is 243 g/mol. The summed E-state index contributed by atoms with van der Waals surface area (Å²) < 4.78 is 0. The largest absolute Gasteiger partial charge is 0.244 e. The van der Waals surface area contributed by atoms with Gasteiger partial charge in [0.2, 0.25) is 0 Å². The zero-order chi connectivity index (χ0) is 11.1. The van der Waals surface area contributed by atoms with Crippen LogP contribution in [0.25, 0.3) is 22.1 Å². The lowest BCUT2D eigenvalue weighted by atomic mass is 10.2. The summed E-state index contributed by atoms with van der Waals surface area (Å²) in [5.74, 6) is 0. The Bertz CT molecular complexity index is 695. The second kappa shape index (κ2) is 3.58. The van der Waals surface area contributed by atoms with E-state index in [2.05, 4.69) is 9.97 Å². The lowest BCUT2D eigenvalue weighted by Gasteiger charge is -2.02. The van der Waals surface area contributed by atoms with Crippen molar-refractivity contribution < 1.29 is 0 Å². The van der Waals surface area contributed by atoms with Crippen molar-refractivity contribution in [3.05, 3.63) is 46.4 Å². The molecule has 4 heteroatoms. The van der Waals surface area contributed by atoms with Gasteiger partial charge < -0.3 is 0 Å². The summed E-state index contributed by atoms with van der Waals surface area (Å²) in [5.41, 5.74) is 3.08. The van der Waals surface area contributed by atoms with Gasteiger partial charge in [0, 0.05) is 5.02 Å². The van der Waals surface area contributed by atoms with Gasteiger partial charge in [0.25, 0.3) is 0 Å². The molecule has 16 heavy (non-hydrogen) atoms. The van der Waals surface area contributed by atoms with Gasteiger partial charge in [-0.05, 0) is 24.3 Å². The van der Waals surface area contributed by atoms with Crippen LogP contribution in [0.2, 0.25) is 10.0 Å². The zero-order valence-corrected chi connectivity index (χ0v) is 9.63. The van der Waals surface area contributed by atoms with Crippen LogP contribution in [0.15, 0.2) is 36.4 Å². The van der Waals surface area contributed by atoms with Gasteiger partial charge in [0.05, 0.1) is 21.6 Å². The number of benzene rings is 2. The summed E-state index contributed by atoms with van der Waals surface area (Å²) in [7, 11) is 0. The molecule has 78 valence electrons. The Morgan fingerprint density at radius 1 is 0.812 bits per heavy atom. The topological polar surface area (TPSA) is 25.8 Å². The Morgan fingerprint density at radius 3 is 2.25 bits per heavy atom. The second-order valence-electron chi connectivity index (χ2n) is 3.47. The van der Waals surface area contributed by atoms with E-state index in [0.717, 1.165) is 16.6 Å². The average Bonchev–Trinajstić information content (AvgIpc) is 2.27. The third-order valence-corrected chi connectivity index (χ3v) is 2.87. The number of fused-ring (bicyclic) bond motifs is 2. The van der Waals surface area contributed by atoms with E-state index in [1.165, 1.54) is 0 Å². The quantitative estimate of drug-likeness (QED) is 0.561. The maximum atomic E-state index is 6.08. The van der Waals surface area contributed by atoms with Crippen molar-refractivity contribution in [3.8, 4) is 0 Å². The Hall–Kier alpha value is -1.38. The van der Waals surface area contributed by atoms with Gasteiger partial charge in [-0.3, -0.25) is 0 Å². The van der Waals surface area contributed by atoms with Crippen molar-refractivity contribution in [2.75, 3.05) is 0 Å². The highest BCUT2D eigenvalue weighted by molar-refractivity contribution is 6.38. The van der Waals surface area contributed by atoms with E-state index >= 15 is 0 Å². The number of hydrogen-bond donors (Lipinski definition) is 0. The van der Waals surface area contributed by atoms with Crippen molar-refractivity contribution in [2.45, 2.75) is 0 Å². The molecule has 0 atom stereocenters. The Kier molecular flexibility index (Phi) is 2.20. The molecule has 1 aromatic heterocycles. The fraction of sp³-hybridized carbons (Fsp3) is 0. The van der Waals surface area contributed by atoms with E-state index in [1.807, 2.05) is 24.3 Å². The highest BCUT2D eigenvalue weighted by Crippen LogP contribution is 2.26. The first kappa shape index (κ1) is 9.82. The van der Waals surface area contributed by atoms with Crippen molar-refractivity contribution in [2.24, 2.45) is 0 Å². The van der Waals surface area contributed by atoms with Gasteiger partial charge in [-0.1, -0.05) is 35.3 Å². The van der Waals surface area contributed by atoms with Crippen LogP contribution in [0.4, 0.5) is 0 Å². The molecule has 0 saturated carbocycles. The minimum atomic E-state index is 0.528. The van der Waals surface area contributed by atoms with Gasteiger partial charge in [-0.25, -0.2) is 9.97 Å². The molecule has 1 heterocycles. The molecular formula is C12H6Cl2N2. The van der Waals surface area contributed by atoms with Gasteiger partial charge in [-0.15, -0.1) is 0 Å². The minimum Gasteiger partial charge on any atom is -0.244 e. The number of rotatable bonds is 0. The van der Waals surface area contributed by atoms with E-state index in [1.54, 1.807) is 12.1 Å². The SMILES string of the molecule is Clc1cc(Cl)c2nc3ccccc3nc2c1. The van der Waals surface area contributed by atoms with E-state index in [9.17, 15) is 0 Å². The average molecular weight is 249 g/mol. The number of nitrogens with zero attached hydrogens (tertiary/aromatic N) is 2. The van der Waals surface area contributed by atoms with E-state index in [-0.39, 0.29) is 0 Å². The Morgan fingerprint density at radius 2 is 1.50 bits per heavy atom. The van der Waals surface area contributed by atoms with Gasteiger partial charge >= 0.3 is 0 Å². The highest BCUT2D eigenvalue weighted by Gasteiger charge is 2.06. The van der Waals surface area contributed by atoms with Gasteiger partial charge in [-0.2, -0.15) is 0 Å². The first-order valence-corrected chi connectivity index (χ1v) is 5.51. The molecule has 0 N–H and O–H groups in total. The molecule has 0 radical (unpaired) electrons. The van der Waals surface area contributed by atoms with Crippen LogP contribution in [0.5, 0.6) is 0 Å². The third kappa shape index (κ3) is 1.51. The van der Waals surface area contributed by atoms with Crippen molar-refractivity contribution in [3.63, 3.8) is 0 Å². The summed E-state index contributed by atoms with van der Waals surface area (Å²) in [5, 5.41) is 1.10. The van der Waals surface area contributed by atoms with Gasteiger partial charge in [0.1, 0.15) is 5.52 Å². The molecule has 0 saturated heterocycles. The monoisotopic (exact) mass is 248 g/mol. The smallest absolute Gasteiger partial charge is 0.108 e. The van der Waals surface area contributed by atoms with Crippen LogP contribution in [-0.2, 0) is 0 Å². The summed E-state index contributed by atoms with van der Waals surface area (Å²) >= 11 is 12.0. The van der Waals surface area contributed by atoms with E-state index in [0.29, 0.717) is 15.6 Å². The first-order chi connectivity index (χ1) is 7.74. The fourth-order valence-electron chi connectivity index (χ4n) is 1.65. The number of hydrogen-bond acceptors (Lipinski definition) is 2. The predicted molar refractivity (Wildman–Crippen MR) is 67.1 cm³/mol. The number of halogens is 2. The second-order valence-corrected chi connectivity index (χ2v) is 4.31. The molecule has 0 aliphatic carbocycles. The maximum absolute atomic E-state index is 6.08. The molecule has 0 spiro atoms. The van der Waals surface area contributed by atoms with Crippen LogP contribution in [0, 0.1) is 0 Å². The first-order valence-electron chi connectivity index (χ1n) is 4.75. The standard InChI is InChI=1S/C12H6Cl2N2/c13-7-5-8(14)12-11(6-7)15-9-3-1-2-4-10(9)16-12/h1-6H. The number of aromatic nitrogens is 2. The maximum Gasteiger partial charge on any atom is 0.108 e. The lowest BCUT2D eigenvalue weighted by Crippen LogP contribution is -1.87. The zero-order valence-electron chi connectivity index (χ0n) is 8.11. The van der Waals surface area contributed by atoms with Crippen molar-refractivity contribution in [1.82, 2.24) is 9.97 Å². The summed E-state index contributed by atoms with van der Waals surface area (Å²) in [6, 6.07) is 11.1. The van der Waals surface area contributed by atoms with Crippen LogP contribution < -0.4 is 0 Å². The fourth-order valence-corrected chi connectivity index (χ4v) is 2.18. The predicted octanol–water partition coefficient (Wildman–Crippen LogP) is 4.09. The van der Waals surface area contributed by atoms with E-state index in [4.69, 9.17) is 23.2 Å². The Labute approximate surface area is 102 Å². The molecule has 0 aliphatic heterocycles. The molecule has 3 rings (SSSR count). The Balaban J connectivity index is 2.51. The lowest BCUT2D eigenvalue weighted by molar-refractivity contribution is 1.39. The summed E-state index contributed by atoms with van der Waals surface area (Å²) in [6.45, 7) is 0. The summed E-state index contributed by atoms with van der Waals surface area (Å²) in [6.07, 6.45) is 0. The van der Waals surface area contributed by atoms with Crippen LogP contribution in [0.3, 0.4) is 0 Å². The minimum absolute atomic E-state index is 0.528. The van der Waals surface area contributed by atoms with E-state index < -0.39 is 0 Å². The van der Waals surface area contributed by atoms with Crippen LogP contribution >= 0.6 is 23.2 Å². The van der Waals surface area contributed by atoms with Gasteiger partial charge in [0.15, 0.2) is 0 Å². The van der Waals surface area contributed by atoms with Crippen molar-refractivity contribution >= 4 is 45.3 Å². The number of para-hydroxylation sites is 2. The molecule has 3 aromatic rings. The molecule has 0 fully saturated rings. The normalized spacial score (nSPS) is 11.1. The summed E-state index contributed by atoms with van der Waals surface area (Å²) in [4.78, 5) is 8.93. The molecule has 0 unspecified atom stereocenters. The molecule has 2 aromatic carbocycles. The molecule has 0 amide bonds. The van der Waals surface area contributed by atoms with Crippen LogP contribution in [0.1, 0.15) is 0 Å². The molecule has 0 aliphatic rings.